The zero-order valence-corrected chi connectivity index (χ0v) is 21.3. The Kier molecular flexibility index (Phi) is 6.87. The molecular weight excluding hydrogens is 513 g/mol. The molecule has 1 unspecified atom stereocenters. The number of carbonyl (C=O) groups excluding carboxylic acids is 1. The van der Waals surface area contributed by atoms with Gasteiger partial charge < -0.3 is 9.80 Å². The van der Waals surface area contributed by atoms with E-state index in [1.54, 1.807) is 23.1 Å². The predicted octanol–water partition coefficient (Wildman–Crippen LogP) is 5.69. The molecular formula is C25H22Cl3N3O2S. The number of hydrogen-bond donors (Lipinski definition) is 0. The molecule has 5 rings (SSSR count). The van der Waals surface area contributed by atoms with Crippen molar-refractivity contribution in [2.45, 2.75) is 11.3 Å². The van der Waals surface area contributed by atoms with Gasteiger partial charge in [0.2, 0.25) is 0 Å². The number of amides is 1. The summed E-state index contributed by atoms with van der Waals surface area (Å²) in [5.74, 6) is -0.161. The molecule has 5 nitrogen and oxygen atoms in total. The van der Waals surface area contributed by atoms with Crippen LogP contribution < -0.4 is 9.80 Å². The van der Waals surface area contributed by atoms with Crippen LogP contribution >= 0.6 is 34.8 Å². The largest absolute Gasteiger partial charge is 0.369 e. The summed E-state index contributed by atoms with van der Waals surface area (Å²) >= 11 is 18.3. The van der Waals surface area contributed by atoms with Gasteiger partial charge in [-0.05, 0) is 66.6 Å². The van der Waals surface area contributed by atoms with Crippen molar-refractivity contribution in [3.8, 4) is 0 Å². The molecule has 0 aromatic heterocycles. The van der Waals surface area contributed by atoms with E-state index in [0.29, 0.717) is 46.7 Å². The van der Waals surface area contributed by atoms with Gasteiger partial charge in [0.25, 0.3) is 5.91 Å². The minimum atomic E-state index is -1.26. The molecule has 2 aliphatic heterocycles. The molecule has 0 N–H and O–H groups in total. The molecule has 2 aliphatic rings. The lowest BCUT2D eigenvalue weighted by atomic mass is 10.1. The molecule has 0 aliphatic carbocycles. The Balaban J connectivity index is 1.28. The molecule has 34 heavy (non-hydrogen) atoms. The van der Waals surface area contributed by atoms with E-state index in [1.165, 1.54) is 0 Å². The lowest BCUT2D eigenvalue weighted by molar-refractivity contribution is 0.0989. The summed E-state index contributed by atoms with van der Waals surface area (Å²) in [6, 6.07) is 18.4. The van der Waals surface area contributed by atoms with E-state index in [4.69, 9.17) is 34.8 Å². The lowest BCUT2D eigenvalue weighted by Crippen LogP contribution is -2.46. The third kappa shape index (κ3) is 4.70. The number of benzene rings is 3. The molecule has 9 heteroatoms. The SMILES string of the molecule is O=C(c1ccc(Cl)cc1Cl)N1CCc2cc(S(=O)N3CCN(c4cccc(Cl)c4)CC3)ccc21. The fourth-order valence-corrected chi connectivity index (χ4v) is 6.33. The van der Waals surface area contributed by atoms with Crippen molar-refractivity contribution in [2.75, 3.05) is 42.5 Å². The first-order chi connectivity index (χ1) is 16.4. The fourth-order valence-electron chi connectivity index (χ4n) is 4.44. The van der Waals surface area contributed by atoms with Gasteiger partial charge in [0.1, 0.15) is 11.0 Å². The van der Waals surface area contributed by atoms with Crippen LogP contribution in [-0.4, -0.2) is 47.1 Å². The van der Waals surface area contributed by atoms with Gasteiger partial charge in [0.05, 0.1) is 15.5 Å². The first-order valence-corrected chi connectivity index (χ1v) is 13.2. The van der Waals surface area contributed by atoms with Gasteiger partial charge in [-0.3, -0.25) is 4.79 Å². The zero-order chi connectivity index (χ0) is 23.8. The van der Waals surface area contributed by atoms with Crippen LogP contribution in [0.3, 0.4) is 0 Å². The molecule has 0 bridgehead atoms. The second kappa shape index (κ2) is 9.88. The number of nitrogens with zero attached hydrogens (tertiary/aromatic N) is 3. The maximum atomic E-state index is 13.3. The number of hydrogen-bond acceptors (Lipinski definition) is 3. The molecule has 3 aromatic rings. The minimum Gasteiger partial charge on any atom is -0.369 e. The summed E-state index contributed by atoms with van der Waals surface area (Å²) in [7, 11) is -1.26. The van der Waals surface area contributed by atoms with Gasteiger partial charge in [0, 0.05) is 54.1 Å². The minimum absolute atomic E-state index is 0.161. The fraction of sp³-hybridized carbons (Fsp3) is 0.240. The van der Waals surface area contributed by atoms with Crippen LogP contribution in [0.2, 0.25) is 15.1 Å². The van der Waals surface area contributed by atoms with Crippen molar-refractivity contribution in [2.24, 2.45) is 0 Å². The van der Waals surface area contributed by atoms with Crippen LogP contribution in [0.5, 0.6) is 0 Å². The summed E-state index contributed by atoms with van der Waals surface area (Å²) in [6.45, 7) is 3.50. The third-order valence-corrected chi connectivity index (χ3v) is 8.48. The molecule has 0 spiro atoms. The van der Waals surface area contributed by atoms with Crippen LogP contribution in [0.15, 0.2) is 65.6 Å². The third-order valence-electron chi connectivity index (χ3n) is 6.20. The van der Waals surface area contributed by atoms with E-state index in [2.05, 4.69) is 4.90 Å². The Bertz CT molecular complexity index is 1280. The summed E-state index contributed by atoms with van der Waals surface area (Å²) < 4.78 is 15.3. The van der Waals surface area contributed by atoms with E-state index < -0.39 is 11.0 Å². The quantitative estimate of drug-likeness (QED) is 0.432. The van der Waals surface area contributed by atoms with E-state index in [0.717, 1.165) is 34.9 Å². The van der Waals surface area contributed by atoms with Crippen molar-refractivity contribution >= 4 is 63.1 Å². The van der Waals surface area contributed by atoms with Crippen molar-refractivity contribution in [3.63, 3.8) is 0 Å². The average molecular weight is 535 g/mol. The van der Waals surface area contributed by atoms with E-state index >= 15 is 0 Å². The molecule has 176 valence electrons. The van der Waals surface area contributed by atoms with Crippen LogP contribution in [0.4, 0.5) is 11.4 Å². The van der Waals surface area contributed by atoms with E-state index in [-0.39, 0.29) is 5.91 Å². The topological polar surface area (TPSA) is 43.9 Å². The number of fused-ring (bicyclic) bond motifs is 1. The van der Waals surface area contributed by atoms with Crippen LogP contribution in [0, 0.1) is 0 Å². The Hall–Kier alpha value is -2.09. The van der Waals surface area contributed by atoms with E-state index in [1.807, 2.05) is 46.8 Å². The normalized spacial score (nSPS) is 17.0. The molecule has 1 fully saturated rings. The highest BCUT2D eigenvalue weighted by atomic mass is 35.5. The highest BCUT2D eigenvalue weighted by Crippen LogP contribution is 2.33. The Morgan fingerprint density at radius 1 is 0.824 bits per heavy atom. The number of rotatable bonds is 4. The average Bonchev–Trinajstić information content (AvgIpc) is 3.27. The number of halogens is 3. The smallest absolute Gasteiger partial charge is 0.259 e. The molecule has 0 saturated carbocycles. The first kappa shape index (κ1) is 23.6. The van der Waals surface area contributed by atoms with Gasteiger partial charge in [-0.25, -0.2) is 8.51 Å². The maximum absolute atomic E-state index is 13.3. The molecule has 3 aromatic carbocycles. The zero-order valence-electron chi connectivity index (χ0n) is 18.2. The Morgan fingerprint density at radius 2 is 1.59 bits per heavy atom. The maximum Gasteiger partial charge on any atom is 0.259 e. The Labute approximate surface area is 216 Å². The second-order valence-corrected chi connectivity index (χ2v) is 11.0. The van der Waals surface area contributed by atoms with E-state index in [9.17, 15) is 9.00 Å². The molecule has 2 heterocycles. The molecule has 0 radical (unpaired) electrons. The van der Waals surface area contributed by atoms with Crippen LogP contribution in [-0.2, 0) is 17.4 Å². The molecule has 1 amide bonds. The van der Waals surface area contributed by atoms with Gasteiger partial charge in [0.15, 0.2) is 0 Å². The van der Waals surface area contributed by atoms with Crippen molar-refractivity contribution < 1.29 is 9.00 Å². The lowest BCUT2D eigenvalue weighted by Gasteiger charge is -2.35. The van der Waals surface area contributed by atoms with Crippen molar-refractivity contribution in [1.29, 1.82) is 0 Å². The summed E-state index contributed by atoms with van der Waals surface area (Å²) in [4.78, 5) is 17.8. The highest BCUT2D eigenvalue weighted by Gasteiger charge is 2.29. The number of anilines is 2. The van der Waals surface area contributed by atoms with Gasteiger partial charge in [-0.2, -0.15) is 0 Å². The van der Waals surface area contributed by atoms with Gasteiger partial charge in [-0.1, -0.05) is 40.9 Å². The summed E-state index contributed by atoms with van der Waals surface area (Å²) in [5, 5.41) is 1.54. The monoisotopic (exact) mass is 533 g/mol. The van der Waals surface area contributed by atoms with Crippen LogP contribution in [0.25, 0.3) is 0 Å². The van der Waals surface area contributed by atoms with Crippen LogP contribution in [0.1, 0.15) is 15.9 Å². The number of carbonyl (C=O) groups is 1. The molecule has 1 saturated heterocycles. The second-order valence-electron chi connectivity index (χ2n) is 8.27. The highest BCUT2D eigenvalue weighted by molar-refractivity contribution is 7.82. The van der Waals surface area contributed by atoms with Crippen molar-refractivity contribution in [3.05, 3.63) is 86.9 Å². The van der Waals surface area contributed by atoms with Gasteiger partial charge in [-0.15, -0.1) is 0 Å². The molecule has 1 atom stereocenters. The Morgan fingerprint density at radius 3 is 2.32 bits per heavy atom. The van der Waals surface area contributed by atoms with Crippen molar-refractivity contribution in [1.82, 2.24) is 4.31 Å². The first-order valence-electron chi connectivity index (χ1n) is 11.0. The van der Waals surface area contributed by atoms with Gasteiger partial charge >= 0.3 is 0 Å². The predicted molar refractivity (Wildman–Crippen MR) is 140 cm³/mol. The standard InChI is InChI=1S/C25H22Cl3N3O2S/c26-18-2-1-3-20(15-18)29-10-12-30(13-11-29)34(33)21-5-7-24-17(14-21)8-9-31(24)25(32)22-6-4-19(27)16-23(22)28/h1-7,14-16H,8-13H2. The summed E-state index contributed by atoms with van der Waals surface area (Å²) in [5.41, 5.74) is 3.36. The number of piperazine rings is 1. The summed E-state index contributed by atoms with van der Waals surface area (Å²) in [6.07, 6.45) is 0.708.